The summed E-state index contributed by atoms with van der Waals surface area (Å²) in [6, 6.07) is 8.75. The van der Waals surface area contributed by atoms with Crippen molar-refractivity contribution in [2.75, 3.05) is 34.9 Å². The van der Waals surface area contributed by atoms with E-state index < -0.39 is 0 Å². The number of likely N-dealkylation sites (N-methyl/N-ethyl adjacent to an activating group) is 1. The van der Waals surface area contributed by atoms with Gasteiger partial charge in [0.2, 0.25) is 0 Å². The van der Waals surface area contributed by atoms with Crippen molar-refractivity contribution in [3.63, 3.8) is 0 Å². The lowest BCUT2D eigenvalue weighted by atomic mass is 10.0. The van der Waals surface area contributed by atoms with Gasteiger partial charge in [-0.05, 0) is 44.4 Å². The van der Waals surface area contributed by atoms with Crippen molar-refractivity contribution in [2.45, 2.75) is 6.54 Å². The fourth-order valence-corrected chi connectivity index (χ4v) is 3.85. The fraction of sp³-hybridized carbons (Fsp3) is 0.286. The van der Waals surface area contributed by atoms with Gasteiger partial charge < -0.3 is 24.0 Å². The molecule has 6 nitrogen and oxygen atoms in total. The number of aromatic nitrogens is 1. The van der Waals surface area contributed by atoms with Crippen molar-refractivity contribution in [1.29, 1.82) is 0 Å². The molecule has 6 heteroatoms. The summed E-state index contributed by atoms with van der Waals surface area (Å²) >= 11 is 0. The molecule has 0 aliphatic heterocycles. The number of nitrogens with zero attached hydrogens (tertiary/aromatic N) is 2. The Balaban J connectivity index is 2.09. The molecule has 1 N–H and O–H groups in total. The van der Waals surface area contributed by atoms with Gasteiger partial charge in [0.1, 0.15) is 17.2 Å². The molecule has 0 radical (unpaired) electrons. The number of ketones is 1. The molecule has 1 aliphatic carbocycles. The molecule has 0 bridgehead atoms. The maximum Gasteiger partial charge on any atom is 0.200 e. The molecule has 3 aromatic rings. The Kier molecular flexibility index (Phi) is 4.08. The van der Waals surface area contributed by atoms with Crippen LogP contribution in [0.4, 0.5) is 0 Å². The minimum Gasteiger partial charge on any atom is -0.508 e. The summed E-state index contributed by atoms with van der Waals surface area (Å²) in [5.41, 5.74) is 3.62. The zero-order chi connectivity index (χ0) is 19.3. The highest BCUT2D eigenvalue weighted by atomic mass is 16.5. The van der Waals surface area contributed by atoms with Gasteiger partial charge in [0.15, 0.2) is 5.78 Å². The Labute approximate surface area is 157 Å². The fourth-order valence-electron chi connectivity index (χ4n) is 3.85. The SMILES string of the molecule is COc1ccc(OC)c2c1C(=O)c1c-2n(CCN(C)C)c2ccc(O)cc12. The summed E-state index contributed by atoms with van der Waals surface area (Å²) in [5, 5.41) is 10.8. The summed E-state index contributed by atoms with van der Waals surface area (Å²) in [6.07, 6.45) is 0. The maximum atomic E-state index is 13.4. The maximum absolute atomic E-state index is 13.4. The number of ether oxygens (including phenoxy) is 2. The average Bonchev–Trinajstić information content (AvgIpc) is 3.12. The molecule has 0 amide bonds. The van der Waals surface area contributed by atoms with E-state index in [2.05, 4.69) is 9.47 Å². The molecule has 1 aromatic heterocycles. The number of methoxy groups -OCH3 is 2. The molecular weight excluding hydrogens is 344 g/mol. The van der Waals surface area contributed by atoms with E-state index >= 15 is 0 Å². The van der Waals surface area contributed by atoms with E-state index in [-0.39, 0.29) is 11.5 Å². The van der Waals surface area contributed by atoms with Gasteiger partial charge in [0.25, 0.3) is 0 Å². The van der Waals surface area contributed by atoms with Crippen molar-refractivity contribution in [3.8, 4) is 28.5 Å². The molecule has 0 atom stereocenters. The first-order valence-electron chi connectivity index (χ1n) is 8.78. The minimum absolute atomic E-state index is 0.102. The van der Waals surface area contributed by atoms with E-state index in [0.29, 0.717) is 29.2 Å². The Hall–Kier alpha value is -2.99. The number of benzene rings is 2. The third-order valence-electron chi connectivity index (χ3n) is 5.08. The normalized spacial score (nSPS) is 12.6. The van der Waals surface area contributed by atoms with E-state index in [4.69, 9.17) is 9.47 Å². The van der Waals surface area contributed by atoms with Crippen molar-refractivity contribution in [2.24, 2.45) is 0 Å². The first kappa shape index (κ1) is 17.4. The lowest BCUT2D eigenvalue weighted by Crippen LogP contribution is -2.18. The molecule has 0 saturated carbocycles. The number of phenols is 1. The molecule has 0 unspecified atom stereocenters. The van der Waals surface area contributed by atoms with Gasteiger partial charge in [-0.3, -0.25) is 4.79 Å². The van der Waals surface area contributed by atoms with Gasteiger partial charge in [0.05, 0.1) is 36.6 Å². The molecule has 1 aliphatic rings. The Morgan fingerprint density at radius 1 is 1.00 bits per heavy atom. The number of hydrogen-bond donors (Lipinski definition) is 1. The van der Waals surface area contributed by atoms with Crippen LogP contribution in [0.3, 0.4) is 0 Å². The van der Waals surface area contributed by atoms with Crippen molar-refractivity contribution in [3.05, 3.63) is 41.5 Å². The number of carbonyl (C=O) groups excluding carboxylic acids is 1. The van der Waals surface area contributed by atoms with Crippen molar-refractivity contribution < 1.29 is 19.4 Å². The van der Waals surface area contributed by atoms with Crippen LogP contribution in [0.15, 0.2) is 30.3 Å². The standard InChI is InChI=1S/C21H22N2O4/c1-22(2)9-10-23-14-6-5-12(24)11-13(14)17-20(23)18-15(26-3)7-8-16(27-4)19(18)21(17)25/h5-8,11,24H,9-10H2,1-4H3. The minimum atomic E-state index is -0.102. The molecule has 0 fully saturated rings. The highest BCUT2D eigenvalue weighted by Crippen LogP contribution is 2.50. The van der Waals surface area contributed by atoms with Gasteiger partial charge in [-0.15, -0.1) is 0 Å². The quantitative estimate of drug-likeness (QED) is 0.588. The second kappa shape index (κ2) is 6.32. The van der Waals surface area contributed by atoms with Gasteiger partial charge in [-0.1, -0.05) is 0 Å². The van der Waals surface area contributed by atoms with Crippen LogP contribution in [-0.4, -0.2) is 55.2 Å². The van der Waals surface area contributed by atoms with Crippen molar-refractivity contribution in [1.82, 2.24) is 9.47 Å². The predicted molar refractivity (Wildman–Crippen MR) is 104 cm³/mol. The number of fused-ring (bicyclic) bond motifs is 5. The zero-order valence-electron chi connectivity index (χ0n) is 15.9. The Bertz CT molecular complexity index is 1070. The monoisotopic (exact) mass is 366 g/mol. The summed E-state index contributed by atoms with van der Waals surface area (Å²) in [7, 11) is 7.19. The largest absolute Gasteiger partial charge is 0.508 e. The molecule has 0 saturated heterocycles. The van der Waals surface area contributed by atoms with Gasteiger partial charge in [-0.25, -0.2) is 0 Å². The first-order valence-corrected chi connectivity index (χ1v) is 8.78. The topological polar surface area (TPSA) is 63.9 Å². The van der Waals surface area contributed by atoms with Crippen LogP contribution in [0.25, 0.3) is 22.2 Å². The summed E-state index contributed by atoms with van der Waals surface area (Å²) < 4.78 is 13.2. The van der Waals surface area contributed by atoms with Crippen LogP contribution in [0.1, 0.15) is 15.9 Å². The Morgan fingerprint density at radius 3 is 2.30 bits per heavy atom. The Morgan fingerprint density at radius 2 is 1.67 bits per heavy atom. The average molecular weight is 366 g/mol. The van der Waals surface area contributed by atoms with Crippen LogP contribution in [0.5, 0.6) is 17.2 Å². The number of carbonyl (C=O) groups is 1. The molecule has 2 aromatic carbocycles. The van der Waals surface area contributed by atoms with Gasteiger partial charge in [-0.2, -0.15) is 0 Å². The van der Waals surface area contributed by atoms with E-state index in [1.807, 2.05) is 26.2 Å². The van der Waals surface area contributed by atoms with Gasteiger partial charge >= 0.3 is 0 Å². The van der Waals surface area contributed by atoms with Crippen molar-refractivity contribution >= 4 is 16.7 Å². The molecule has 0 spiro atoms. The van der Waals surface area contributed by atoms with E-state index in [0.717, 1.165) is 28.7 Å². The third-order valence-corrected chi connectivity index (χ3v) is 5.08. The highest BCUT2D eigenvalue weighted by Gasteiger charge is 2.38. The van der Waals surface area contributed by atoms with Gasteiger partial charge in [0, 0.05) is 24.0 Å². The number of aromatic hydroxyl groups is 1. The van der Waals surface area contributed by atoms with E-state index in [9.17, 15) is 9.90 Å². The van der Waals surface area contributed by atoms with Crippen LogP contribution in [-0.2, 0) is 6.54 Å². The molecule has 140 valence electrons. The number of hydrogen-bond acceptors (Lipinski definition) is 5. The lowest BCUT2D eigenvalue weighted by Gasteiger charge is -2.16. The molecule has 1 heterocycles. The summed E-state index contributed by atoms with van der Waals surface area (Å²) in [5.74, 6) is 1.20. The van der Waals surface area contributed by atoms with Crippen LogP contribution in [0, 0.1) is 0 Å². The number of phenolic OH excluding ortho intramolecular Hbond substituents is 1. The zero-order valence-corrected chi connectivity index (χ0v) is 15.9. The van der Waals surface area contributed by atoms with Crippen LogP contribution < -0.4 is 9.47 Å². The lowest BCUT2D eigenvalue weighted by molar-refractivity contribution is 0.104. The second-order valence-corrected chi connectivity index (χ2v) is 6.93. The highest BCUT2D eigenvalue weighted by molar-refractivity contribution is 6.29. The number of rotatable bonds is 5. The second-order valence-electron chi connectivity index (χ2n) is 6.93. The molecule has 4 rings (SSSR count). The molecule has 27 heavy (non-hydrogen) atoms. The smallest absolute Gasteiger partial charge is 0.200 e. The third kappa shape index (κ3) is 2.48. The predicted octanol–water partition coefficient (Wildman–Crippen LogP) is 3.14. The summed E-state index contributed by atoms with van der Waals surface area (Å²) in [6.45, 7) is 1.52. The van der Waals surface area contributed by atoms with Crippen LogP contribution >= 0.6 is 0 Å². The van der Waals surface area contributed by atoms with Crippen LogP contribution in [0.2, 0.25) is 0 Å². The first-order chi connectivity index (χ1) is 13.0. The molecular formula is C21H22N2O4. The summed E-state index contributed by atoms with van der Waals surface area (Å²) in [4.78, 5) is 15.5. The van der Waals surface area contributed by atoms with E-state index in [1.54, 1.807) is 32.4 Å². The van der Waals surface area contributed by atoms with E-state index in [1.165, 1.54) is 0 Å².